The number of nitrogens with one attached hydrogen (secondary N) is 2. The Balaban J connectivity index is 1.59. The van der Waals surface area contributed by atoms with Crippen molar-refractivity contribution in [3.63, 3.8) is 0 Å². The zero-order chi connectivity index (χ0) is 20.4. The molecule has 0 aliphatic carbocycles. The SMILES string of the molecule is C=CS(=O)(=O)Nc1cccc(Cn2ncc3cnc(Nc4cnn(C)c4)nc32)c1. The van der Waals surface area contributed by atoms with Crippen molar-refractivity contribution in [3.8, 4) is 0 Å². The number of anilines is 3. The van der Waals surface area contributed by atoms with E-state index in [2.05, 4.69) is 36.8 Å². The number of hydrogen-bond donors (Lipinski definition) is 2. The maximum absolute atomic E-state index is 11.7. The lowest BCUT2D eigenvalue weighted by Crippen LogP contribution is -2.09. The topological polar surface area (TPSA) is 120 Å². The summed E-state index contributed by atoms with van der Waals surface area (Å²) in [5.74, 6) is 0.430. The van der Waals surface area contributed by atoms with E-state index in [9.17, 15) is 8.42 Å². The lowest BCUT2D eigenvalue weighted by molar-refractivity contribution is 0.609. The van der Waals surface area contributed by atoms with E-state index in [1.165, 1.54) is 0 Å². The third-order valence-corrected chi connectivity index (χ3v) is 5.04. The fraction of sp³-hybridized carbons (Fsp3) is 0.111. The van der Waals surface area contributed by atoms with Crippen LogP contribution in [0.5, 0.6) is 0 Å². The van der Waals surface area contributed by atoms with Crippen molar-refractivity contribution < 1.29 is 8.42 Å². The molecule has 0 amide bonds. The molecule has 3 aromatic heterocycles. The minimum atomic E-state index is -3.56. The maximum Gasteiger partial charge on any atom is 0.254 e. The van der Waals surface area contributed by atoms with Gasteiger partial charge in [0.15, 0.2) is 5.65 Å². The van der Waals surface area contributed by atoms with Gasteiger partial charge >= 0.3 is 0 Å². The Labute approximate surface area is 167 Å². The molecular formula is C18H18N8O2S. The van der Waals surface area contributed by atoms with Gasteiger partial charge in [-0.1, -0.05) is 18.7 Å². The van der Waals surface area contributed by atoms with Crippen LogP contribution in [-0.2, 0) is 23.6 Å². The predicted molar refractivity (Wildman–Crippen MR) is 110 cm³/mol. The molecule has 0 unspecified atom stereocenters. The van der Waals surface area contributed by atoms with E-state index in [1.54, 1.807) is 46.2 Å². The average Bonchev–Trinajstić information content (AvgIpc) is 3.28. The Hall–Kier alpha value is -3.73. The number of aromatic nitrogens is 6. The van der Waals surface area contributed by atoms with Gasteiger partial charge in [-0.15, -0.1) is 0 Å². The number of sulfonamides is 1. The van der Waals surface area contributed by atoms with Crippen molar-refractivity contribution in [2.75, 3.05) is 10.0 Å². The third-order valence-electron chi connectivity index (χ3n) is 4.08. The molecule has 0 aliphatic heterocycles. The van der Waals surface area contributed by atoms with Crippen LogP contribution in [0.15, 0.2) is 61.0 Å². The molecule has 3 heterocycles. The first kappa shape index (κ1) is 18.6. The first-order chi connectivity index (χ1) is 13.9. The molecule has 148 valence electrons. The highest BCUT2D eigenvalue weighted by atomic mass is 32.2. The van der Waals surface area contributed by atoms with E-state index >= 15 is 0 Å². The van der Waals surface area contributed by atoms with E-state index in [1.807, 2.05) is 19.3 Å². The molecule has 11 heteroatoms. The van der Waals surface area contributed by atoms with Gasteiger partial charge in [0.25, 0.3) is 10.0 Å². The Kier molecular flexibility index (Phi) is 4.72. The average molecular weight is 410 g/mol. The van der Waals surface area contributed by atoms with E-state index in [0.29, 0.717) is 23.8 Å². The second kappa shape index (κ2) is 7.36. The van der Waals surface area contributed by atoms with E-state index < -0.39 is 10.0 Å². The number of rotatable bonds is 7. The van der Waals surface area contributed by atoms with Crippen LogP contribution in [0.3, 0.4) is 0 Å². The standard InChI is InChI=1S/C18H18N8O2S/c1-3-29(27,28)24-15-6-4-5-13(7-15)11-26-17-14(9-21-26)8-19-18(23-17)22-16-10-20-25(2)12-16/h3-10,12,24H,1,11H2,2H3,(H,19,22,23). The van der Waals surface area contributed by atoms with Crippen molar-refractivity contribution in [1.29, 1.82) is 0 Å². The Morgan fingerprint density at radius 2 is 2.03 bits per heavy atom. The molecule has 0 atom stereocenters. The highest BCUT2D eigenvalue weighted by Crippen LogP contribution is 2.18. The molecule has 4 rings (SSSR count). The summed E-state index contributed by atoms with van der Waals surface area (Å²) in [6.07, 6.45) is 6.88. The molecule has 10 nitrogen and oxygen atoms in total. The van der Waals surface area contributed by atoms with Crippen molar-refractivity contribution >= 4 is 38.4 Å². The van der Waals surface area contributed by atoms with Gasteiger partial charge < -0.3 is 5.32 Å². The maximum atomic E-state index is 11.7. The molecule has 0 aliphatic rings. The summed E-state index contributed by atoms with van der Waals surface area (Å²) >= 11 is 0. The normalized spacial score (nSPS) is 11.5. The summed E-state index contributed by atoms with van der Waals surface area (Å²) in [7, 11) is -1.74. The molecule has 2 N–H and O–H groups in total. The summed E-state index contributed by atoms with van der Waals surface area (Å²) in [5.41, 5.74) is 2.75. The predicted octanol–water partition coefficient (Wildman–Crippen LogP) is 2.24. The molecular weight excluding hydrogens is 392 g/mol. The van der Waals surface area contributed by atoms with Crippen molar-refractivity contribution in [2.24, 2.45) is 7.05 Å². The Bertz CT molecular complexity index is 1290. The minimum absolute atomic E-state index is 0.413. The molecule has 0 saturated carbocycles. The zero-order valence-electron chi connectivity index (χ0n) is 15.5. The Morgan fingerprint density at radius 1 is 1.17 bits per heavy atom. The molecule has 0 saturated heterocycles. The van der Waals surface area contributed by atoms with E-state index in [4.69, 9.17) is 0 Å². The third kappa shape index (κ3) is 4.24. The van der Waals surface area contributed by atoms with Crippen LogP contribution in [0, 0.1) is 0 Å². The van der Waals surface area contributed by atoms with Gasteiger partial charge in [0.2, 0.25) is 5.95 Å². The monoisotopic (exact) mass is 410 g/mol. The summed E-state index contributed by atoms with van der Waals surface area (Å²) in [5, 5.41) is 13.3. The molecule has 0 fully saturated rings. The van der Waals surface area contributed by atoms with Gasteiger partial charge in [-0.25, -0.2) is 18.1 Å². The highest BCUT2D eigenvalue weighted by molar-refractivity contribution is 7.95. The lowest BCUT2D eigenvalue weighted by atomic mass is 10.2. The smallest absolute Gasteiger partial charge is 0.254 e. The minimum Gasteiger partial charge on any atom is -0.321 e. The van der Waals surface area contributed by atoms with E-state index in [0.717, 1.165) is 22.0 Å². The quantitative estimate of drug-likeness (QED) is 0.479. The van der Waals surface area contributed by atoms with Crippen LogP contribution >= 0.6 is 0 Å². The molecule has 1 aromatic carbocycles. The summed E-state index contributed by atoms with van der Waals surface area (Å²) in [6.45, 7) is 3.71. The Morgan fingerprint density at radius 3 is 2.79 bits per heavy atom. The molecule has 0 spiro atoms. The van der Waals surface area contributed by atoms with Crippen LogP contribution in [0.4, 0.5) is 17.3 Å². The number of fused-ring (bicyclic) bond motifs is 1. The first-order valence-electron chi connectivity index (χ1n) is 8.60. The fourth-order valence-corrected chi connectivity index (χ4v) is 3.31. The molecule has 4 aromatic rings. The van der Waals surface area contributed by atoms with Crippen LogP contribution in [0.25, 0.3) is 11.0 Å². The molecule has 0 bridgehead atoms. The van der Waals surface area contributed by atoms with Gasteiger partial charge in [-0.2, -0.15) is 15.2 Å². The highest BCUT2D eigenvalue weighted by Gasteiger charge is 2.10. The van der Waals surface area contributed by atoms with E-state index in [-0.39, 0.29) is 0 Å². The molecule has 0 radical (unpaired) electrons. The van der Waals surface area contributed by atoms with Gasteiger partial charge in [0, 0.05) is 30.5 Å². The zero-order valence-corrected chi connectivity index (χ0v) is 16.3. The number of benzene rings is 1. The first-order valence-corrected chi connectivity index (χ1v) is 10.1. The van der Waals surface area contributed by atoms with Crippen LogP contribution < -0.4 is 10.0 Å². The lowest BCUT2D eigenvalue weighted by Gasteiger charge is -2.08. The van der Waals surface area contributed by atoms with Crippen molar-refractivity contribution in [3.05, 3.63) is 66.6 Å². The van der Waals surface area contributed by atoms with Crippen molar-refractivity contribution in [1.82, 2.24) is 29.5 Å². The summed E-state index contributed by atoms with van der Waals surface area (Å²) in [4.78, 5) is 8.84. The van der Waals surface area contributed by atoms with Gasteiger partial charge in [0.1, 0.15) is 0 Å². The summed E-state index contributed by atoms with van der Waals surface area (Å²) < 4.78 is 29.2. The number of aryl methyl sites for hydroxylation is 1. The molecule has 29 heavy (non-hydrogen) atoms. The van der Waals surface area contributed by atoms with Gasteiger partial charge in [0.05, 0.1) is 30.0 Å². The van der Waals surface area contributed by atoms with Crippen molar-refractivity contribution in [2.45, 2.75) is 6.54 Å². The summed E-state index contributed by atoms with van der Waals surface area (Å²) in [6, 6.07) is 7.07. The largest absolute Gasteiger partial charge is 0.321 e. The van der Waals surface area contributed by atoms with Gasteiger partial charge in [-0.05, 0) is 17.7 Å². The van der Waals surface area contributed by atoms with Crippen LogP contribution in [-0.4, -0.2) is 37.9 Å². The van der Waals surface area contributed by atoms with Crippen LogP contribution in [0.2, 0.25) is 0 Å². The van der Waals surface area contributed by atoms with Crippen LogP contribution in [0.1, 0.15) is 5.56 Å². The van der Waals surface area contributed by atoms with Gasteiger partial charge in [-0.3, -0.25) is 9.40 Å². The number of hydrogen-bond acceptors (Lipinski definition) is 7. The second-order valence-corrected chi connectivity index (χ2v) is 7.94. The second-order valence-electron chi connectivity index (χ2n) is 6.32. The number of nitrogens with zero attached hydrogens (tertiary/aromatic N) is 6. The fourth-order valence-electron chi connectivity index (χ4n) is 2.77.